The van der Waals surface area contributed by atoms with Gasteiger partial charge in [-0.15, -0.1) is 0 Å². The van der Waals surface area contributed by atoms with E-state index in [0.717, 1.165) is 38.0 Å². The van der Waals surface area contributed by atoms with Crippen molar-refractivity contribution in [2.75, 3.05) is 13.1 Å². The van der Waals surface area contributed by atoms with Gasteiger partial charge in [-0.2, -0.15) is 0 Å². The van der Waals surface area contributed by atoms with Gasteiger partial charge in [0.1, 0.15) is 0 Å². The van der Waals surface area contributed by atoms with Gasteiger partial charge in [-0.05, 0) is 25.1 Å². The zero-order chi connectivity index (χ0) is 11.7. The molecule has 0 heterocycles. The largest absolute Gasteiger partial charge is 0.338 e. The average Bonchev–Trinajstić information content (AvgIpc) is 2.23. The van der Waals surface area contributed by atoms with Crippen LogP contribution in [-0.2, 0) is 0 Å². The van der Waals surface area contributed by atoms with Gasteiger partial charge in [0.15, 0.2) is 0 Å². The molecule has 0 aromatic heterocycles. The Morgan fingerprint density at radius 2 is 1.73 bits per heavy atom. The molecular weight excluding hydrogens is 204 g/mol. The molecule has 0 saturated carbocycles. The van der Waals surface area contributed by atoms with Crippen molar-refractivity contribution in [3.05, 3.63) is 0 Å². The van der Waals surface area contributed by atoms with E-state index in [9.17, 15) is 0 Å². The van der Waals surface area contributed by atoms with Crippen molar-refractivity contribution < 1.29 is 0 Å². The van der Waals surface area contributed by atoms with E-state index < -0.39 is 8.40 Å². The van der Waals surface area contributed by atoms with E-state index in [4.69, 9.17) is 17.0 Å². The molecule has 0 aliphatic rings. The van der Waals surface area contributed by atoms with Crippen molar-refractivity contribution in [1.82, 2.24) is 4.67 Å². The highest BCUT2D eigenvalue weighted by Crippen LogP contribution is 2.17. The van der Waals surface area contributed by atoms with Gasteiger partial charge in [0.25, 0.3) is 0 Å². The quantitative estimate of drug-likeness (QED) is 0.241. The number of hydrazine groups is 1. The van der Waals surface area contributed by atoms with Crippen molar-refractivity contribution in [3.8, 4) is 0 Å². The minimum Gasteiger partial charge on any atom is -0.338 e. The highest BCUT2D eigenvalue weighted by atomic mass is 28.3. The number of nitrogens with zero attached hydrogens (tertiary/aromatic N) is 1. The maximum absolute atomic E-state index is 6.45. The molecule has 15 heavy (non-hydrogen) atoms. The molecule has 0 rings (SSSR count). The van der Waals surface area contributed by atoms with Crippen molar-refractivity contribution >= 4 is 8.40 Å². The highest BCUT2D eigenvalue weighted by molar-refractivity contribution is 6.73. The van der Waals surface area contributed by atoms with Crippen LogP contribution in [0.5, 0.6) is 0 Å². The molecule has 1 unspecified atom stereocenters. The Bertz CT molecular complexity index is 156. The predicted octanol–water partition coefficient (Wildman–Crippen LogP) is 1.12. The third-order valence-corrected chi connectivity index (χ3v) is 6.95. The summed E-state index contributed by atoms with van der Waals surface area (Å²) in [6, 6.07) is 2.20. The first-order valence-corrected chi connectivity index (χ1v) is 8.56. The SMILES string of the molecule is CCC[Si](N)(CCCCCN)N(N)CC. The molecule has 0 saturated heterocycles. The van der Waals surface area contributed by atoms with E-state index >= 15 is 0 Å². The number of hydrogen-bond acceptors (Lipinski definition) is 4. The van der Waals surface area contributed by atoms with Gasteiger partial charge < -0.3 is 11.1 Å². The molecule has 0 amide bonds. The Labute approximate surface area is 95.3 Å². The van der Waals surface area contributed by atoms with Gasteiger partial charge >= 0.3 is 0 Å². The molecule has 0 aliphatic heterocycles. The van der Waals surface area contributed by atoms with Crippen molar-refractivity contribution in [1.29, 1.82) is 0 Å². The van der Waals surface area contributed by atoms with Crippen LogP contribution in [0.1, 0.15) is 39.5 Å². The summed E-state index contributed by atoms with van der Waals surface area (Å²) in [7, 11) is -1.83. The Kier molecular flexibility index (Phi) is 8.27. The van der Waals surface area contributed by atoms with Gasteiger partial charge in [0.2, 0.25) is 8.40 Å². The van der Waals surface area contributed by atoms with E-state index in [1.165, 1.54) is 12.8 Å². The molecule has 0 spiro atoms. The summed E-state index contributed by atoms with van der Waals surface area (Å²) >= 11 is 0. The third kappa shape index (κ3) is 5.63. The monoisotopic (exact) mass is 232 g/mol. The van der Waals surface area contributed by atoms with Crippen LogP contribution >= 0.6 is 0 Å². The molecule has 0 radical (unpaired) electrons. The zero-order valence-corrected chi connectivity index (χ0v) is 11.3. The number of nitrogens with two attached hydrogens (primary N) is 3. The molecule has 1 atom stereocenters. The minimum absolute atomic E-state index is 0.785. The van der Waals surface area contributed by atoms with E-state index in [1.54, 1.807) is 0 Å². The lowest BCUT2D eigenvalue weighted by Gasteiger charge is -2.34. The Morgan fingerprint density at radius 3 is 2.20 bits per heavy atom. The Hall–Kier alpha value is 0.0569. The molecule has 6 N–H and O–H groups in total. The fraction of sp³-hybridized carbons (Fsp3) is 1.00. The van der Waals surface area contributed by atoms with Gasteiger partial charge in [-0.25, -0.2) is 0 Å². The van der Waals surface area contributed by atoms with Crippen LogP contribution < -0.4 is 17.0 Å². The third-order valence-electron chi connectivity index (χ3n) is 2.91. The van der Waals surface area contributed by atoms with Crippen LogP contribution in [0.4, 0.5) is 0 Å². The summed E-state index contributed by atoms with van der Waals surface area (Å²) in [4.78, 5) is 0. The van der Waals surface area contributed by atoms with Gasteiger partial charge in [0, 0.05) is 6.54 Å². The van der Waals surface area contributed by atoms with E-state index in [1.807, 2.05) is 4.67 Å². The average molecular weight is 232 g/mol. The molecule has 0 aliphatic carbocycles. The molecule has 92 valence electrons. The molecule has 0 aromatic carbocycles. The van der Waals surface area contributed by atoms with Crippen LogP contribution in [0.3, 0.4) is 0 Å². The van der Waals surface area contributed by atoms with Crippen LogP contribution in [0, 0.1) is 0 Å². The summed E-state index contributed by atoms with van der Waals surface area (Å²) in [5.74, 6) is 6.00. The van der Waals surface area contributed by atoms with E-state index in [0.29, 0.717) is 0 Å². The topological polar surface area (TPSA) is 81.3 Å². The lowest BCUT2D eigenvalue weighted by atomic mass is 10.2. The first-order chi connectivity index (χ1) is 7.10. The number of unbranched alkanes of at least 4 members (excludes halogenated alkanes) is 2. The van der Waals surface area contributed by atoms with Gasteiger partial charge in [0.05, 0.1) is 0 Å². The standard InChI is InChI=1S/C10H28N4Si/c1-3-9-15(13,14(12)4-2)10-7-5-6-8-11/h3-13H2,1-2H3. The lowest BCUT2D eigenvalue weighted by Crippen LogP contribution is -2.64. The first-order valence-electron chi connectivity index (χ1n) is 6.12. The second-order valence-electron chi connectivity index (χ2n) is 4.24. The molecule has 0 fully saturated rings. The summed E-state index contributed by atoms with van der Waals surface area (Å²) in [6.45, 7) is 5.90. The van der Waals surface area contributed by atoms with Gasteiger partial charge in [-0.1, -0.05) is 33.1 Å². The molecular formula is C10H28N4Si. The smallest absolute Gasteiger partial charge is 0.215 e. The Balaban J connectivity index is 4.01. The second-order valence-corrected chi connectivity index (χ2v) is 8.02. The van der Waals surface area contributed by atoms with E-state index in [-0.39, 0.29) is 0 Å². The van der Waals surface area contributed by atoms with Gasteiger partial charge in [-0.3, -0.25) is 10.5 Å². The fourth-order valence-corrected chi connectivity index (χ4v) is 5.09. The molecule has 5 heteroatoms. The van der Waals surface area contributed by atoms with Crippen molar-refractivity contribution in [3.63, 3.8) is 0 Å². The summed E-state index contributed by atoms with van der Waals surface area (Å²) in [5.41, 5.74) is 5.47. The molecule has 0 bridgehead atoms. The lowest BCUT2D eigenvalue weighted by molar-refractivity contribution is 0.449. The Morgan fingerprint density at radius 1 is 1.07 bits per heavy atom. The zero-order valence-electron chi connectivity index (χ0n) is 10.3. The summed E-state index contributed by atoms with van der Waals surface area (Å²) in [6.07, 6.45) is 4.60. The van der Waals surface area contributed by atoms with Crippen LogP contribution in [0.25, 0.3) is 0 Å². The van der Waals surface area contributed by atoms with Crippen molar-refractivity contribution in [2.45, 2.75) is 51.6 Å². The minimum atomic E-state index is -1.83. The van der Waals surface area contributed by atoms with Crippen LogP contribution in [0.2, 0.25) is 12.1 Å². The molecule has 4 nitrogen and oxygen atoms in total. The molecule has 0 aromatic rings. The van der Waals surface area contributed by atoms with Crippen molar-refractivity contribution in [2.24, 2.45) is 17.0 Å². The van der Waals surface area contributed by atoms with E-state index in [2.05, 4.69) is 13.8 Å². The summed E-state index contributed by atoms with van der Waals surface area (Å²) < 4.78 is 1.92. The van der Waals surface area contributed by atoms with Crippen LogP contribution in [-0.4, -0.2) is 26.2 Å². The first kappa shape index (κ1) is 15.1. The number of hydrogen-bond donors (Lipinski definition) is 3. The fourth-order valence-electron chi connectivity index (χ4n) is 1.91. The predicted molar refractivity (Wildman–Crippen MR) is 69.3 cm³/mol. The maximum atomic E-state index is 6.45. The summed E-state index contributed by atoms with van der Waals surface area (Å²) in [5, 5.41) is 6.45. The number of rotatable bonds is 9. The maximum Gasteiger partial charge on any atom is 0.215 e. The second kappa shape index (κ2) is 8.24. The van der Waals surface area contributed by atoms with Crippen LogP contribution in [0.15, 0.2) is 0 Å². The normalized spacial score (nSPS) is 15.6. The highest BCUT2D eigenvalue weighted by Gasteiger charge is 2.31.